The van der Waals surface area contributed by atoms with Gasteiger partial charge in [0.15, 0.2) is 5.81 Å². The van der Waals surface area contributed by atoms with E-state index in [0.717, 1.165) is 0 Å². The predicted octanol–water partition coefficient (Wildman–Crippen LogP) is -1.88. The summed E-state index contributed by atoms with van der Waals surface area (Å²) in [5.41, 5.74) is 0. The molecule has 1 fully saturated rings. The molecule has 0 spiro atoms. The van der Waals surface area contributed by atoms with Crippen LogP contribution in [0.1, 0.15) is 0 Å². The van der Waals surface area contributed by atoms with Gasteiger partial charge in [-0.15, -0.1) is 0 Å². The fourth-order valence-electron chi connectivity index (χ4n) is 1.33. The van der Waals surface area contributed by atoms with E-state index in [1.807, 2.05) is 0 Å². The summed E-state index contributed by atoms with van der Waals surface area (Å²) in [7, 11) is 2.74. The summed E-state index contributed by atoms with van der Waals surface area (Å²) in [6.45, 7) is 1.53. The SMILES string of the molecule is BC(=O)N1CCN[C@@H](C(=O)OOC)C1. The van der Waals surface area contributed by atoms with Crippen LogP contribution in [-0.4, -0.2) is 57.3 Å². The average Bonchev–Trinajstić information content (AvgIpc) is 2.18. The minimum absolute atomic E-state index is 0.0401. The molecule has 1 amide bonds. The predicted molar refractivity (Wildman–Crippen MR) is 50.4 cm³/mol. The third-order valence-electron chi connectivity index (χ3n) is 2.07. The summed E-state index contributed by atoms with van der Waals surface area (Å²) in [5, 5.41) is 2.94. The van der Waals surface area contributed by atoms with E-state index in [-0.39, 0.29) is 5.81 Å². The van der Waals surface area contributed by atoms with Crippen LogP contribution in [0.25, 0.3) is 0 Å². The largest absolute Gasteiger partial charge is 0.360 e. The molecule has 14 heavy (non-hydrogen) atoms. The van der Waals surface area contributed by atoms with Crippen molar-refractivity contribution < 1.29 is 19.4 Å². The Morgan fingerprint density at radius 3 is 2.86 bits per heavy atom. The van der Waals surface area contributed by atoms with Crippen molar-refractivity contribution in [3.05, 3.63) is 0 Å². The normalized spacial score (nSPS) is 21.8. The maximum atomic E-state index is 11.2. The zero-order valence-corrected chi connectivity index (χ0v) is 8.28. The number of nitrogens with one attached hydrogen (secondary N) is 1. The molecule has 0 aromatic heterocycles. The Labute approximate surface area is 82.9 Å². The van der Waals surface area contributed by atoms with Crippen molar-refractivity contribution in [3.63, 3.8) is 0 Å². The molecule has 0 saturated carbocycles. The lowest BCUT2D eigenvalue weighted by atomic mass is 10.1. The molecule has 1 saturated heterocycles. The van der Waals surface area contributed by atoms with E-state index in [2.05, 4.69) is 15.1 Å². The Balaban J connectivity index is 2.47. The van der Waals surface area contributed by atoms with Crippen LogP contribution in [0.3, 0.4) is 0 Å². The summed E-state index contributed by atoms with van der Waals surface area (Å²) in [5.74, 6) is -0.542. The minimum Gasteiger partial charge on any atom is -0.348 e. The molecule has 1 aliphatic rings. The first-order chi connectivity index (χ1) is 6.65. The Hall–Kier alpha value is -1.08. The second-order valence-corrected chi connectivity index (χ2v) is 3.04. The van der Waals surface area contributed by atoms with Crippen LogP contribution in [0.15, 0.2) is 0 Å². The van der Waals surface area contributed by atoms with Gasteiger partial charge in [-0.2, -0.15) is 4.89 Å². The number of hydrogen-bond donors (Lipinski definition) is 1. The van der Waals surface area contributed by atoms with Gasteiger partial charge in [-0.3, -0.25) is 9.68 Å². The Bertz CT molecular complexity index is 236. The molecule has 0 aliphatic carbocycles. The molecule has 0 radical (unpaired) electrons. The summed E-state index contributed by atoms with van der Waals surface area (Å²) >= 11 is 0. The van der Waals surface area contributed by atoms with E-state index >= 15 is 0 Å². The van der Waals surface area contributed by atoms with E-state index in [1.54, 1.807) is 4.90 Å². The first-order valence-electron chi connectivity index (χ1n) is 4.38. The van der Waals surface area contributed by atoms with Crippen LogP contribution in [0.4, 0.5) is 4.79 Å². The molecule has 1 aliphatic heterocycles. The monoisotopic (exact) mass is 200 g/mol. The molecule has 1 rings (SSSR count). The molecule has 0 aromatic carbocycles. The zero-order valence-electron chi connectivity index (χ0n) is 8.28. The van der Waals surface area contributed by atoms with Crippen LogP contribution >= 0.6 is 0 Å². The van der Waals surface area contributed by atoms with E-state index in [0.29, 0.717) is 19.6 Å². The van der Waals surface area contributed by atoms with Crippen LogP contribution in [0.2, 0.25) is 0 Å². The molecule has 0 aromatic rings. The topological polar surface area (TPSA) is 67.9 Å². The number of carbonyl (C=O) groups is 2. The molecule has 1 heterocycles. The molecule has 0 bridgehead atoms. The number of amides is 1. The Kier molecular flexibility index (Phi) is 3.90. The van der Waals surface area contributed by atoms with E-state index < -0.39 is 12.0 Å². The van der Waals surface area contributed by atoms with Gasteiger partial charge >= 0.3 is 5.97 Å². The van der Waals surface area contributed by atoms with Crippen molar-refractivity contribution in [3.8, 4) is 0 Å². The van der Waals surface area contributed by atoms with Gasteiger partial charge in [-0.05, 0) is 0 Å². The van der Waals surface area contributed by atoms with E-state index in [9.17, 15) is 9.59 Å². The first kappa shape index (κ1) is 11.0. The standard InChI is InChI=1S/C7H13BN2O4/c1-13-14-6(11)5-4-10(7(8)12)3-2-9-5/h5,9H,2-4,8H2,1H3/t5-/m1/s1. The third-order valence-corrected chi connectivity index (χ3v) is 2.07. The van der Waals surface area contributed by atoms with Gasteiger partial charge in [0, 0.05) is 19.6 Å². The van der Waals surface area contributed by atoms with Gasteiger partial charge in [0.2, 0.25) is 7.85 Å². The summed E-state index contributed by atoms with van der Waals surface area (Å²) in [6.07, 6.45) is 0. The van der Waals surface area contributed by atoms with Crippen LogP contribution in [-0.2, 0) is 14.6 Å². The molecular weight excluding hydrogens is 187 g/mol. The fourth-order valence-corrected chi connectivity index (χ4v) is 1.33. The van der Waals surface area contributed by atoms with Crippen molar-refractivity contribution >= 4 is 19.6 Å². The van der Waals surface area contributed by atoms with Gasteiger partial charge in [-0.25, -0.2) is 4.79 Å². The molecule has 7 heteroatoms. The van der Waals surface area contributed by atoms with Gasteiger partial charge in [0.25, 0.3) is 0 Å². The van der Waals surface area contributed by atoms with E-state index in [1.165, 1.54) is 15.0 Å². The number of hydrogen-bond acceptors (Lipinski definition) is 5. The third kappa shape index (κ3) is 2.71. The zero-order chi connectivity index (χ0) is 10.6. The van der Waals surface area contributed by atoms with Gasteiger partial charge < -0.3 is 10.2 Å². The maximum absolute atomic E-state index is 11.2. The lowest BCUT2D eigenvalue weighted by Gasteiger charge is -2.31. The fraction of sp³-hybridized carbons (Fsp3) is 0.714. The van der Waals surface area contributed by atoms with E-state index in [4.69, 9.17) is 0 Å². The highest BCUT2D eigenvalue weighted by Crippen LogP contribution is 2.01. The van der Waals surface area contributed by atoms with Crippen molar-refractivity contribution in [1.82, 2.24) is 10.2 Å². The quantitative estimate of drug-likeness (QED) is 0.321. The number of rotatable bonds is 2. The highest BCUT2D eigenvalue weighted by Gasteiger charge is 2.27. The molecule has 1 atom stereocenters. The number of nitrogens with zero attached hydrogens (tertiary/aromatic N) is 1. The molecule has 0 unspecified atom stereocenters. The van der Waals surface area contributed by atoms with Crippen LogP contribution in [0.5, 0.6) is 0 Å². The number of carbonyl (C=O) groups excluding carboxylic acids is 2. The summed E-state index contributed by atoms with van der Waals surface area (Å²) < 4.78 is 0. The van der Waals surface area contributed by atoms with Crippen molar-refractivity contribution in [2.75, 3.05) is 26.7 Å². The Morgan fingerprint density at radius 1 is 1.57 bits per heavy atom. The van der Waals surface area contributed by atoms with Crippen molar-refractivity contribution in [1.29, 1.82) is 0 Å². The number of piperazine rings is 1. The minimum atomic E-state index is -0.501. The second-order valence-electron chi connectivity index (χ2n) is 3.04. The lowest BCUT2D eigenvalue weighted by Crippen LogP contribution is -2.55. The summed E-state index contributed by atoms with van der Waals surface area (Å²) in [4.78, 5) is 32.5. The Morgan fingerprint density at radius 2 is 2.29 bits per heavy atom. The van der Waals surface area contributed by atoms with Crippen LogP contribution < -0.4 is 5.32 Å². The second kappa shape index (κ2) is 4.97. The maximum Gasteiger partial charge on any atom is 0.360 e. The smallest absolute Gasteiger partial charge is 0.348 e. The van der Waals surface area contributed by atoms with Gasteiger partial charge in [0.1, 0.15) is 6.04 Å². The lowest BCUT2D eigenvalue weighted by molar-refractivity contribution is -0.257. The molecule has 78 valence electrons. The molecule has 1 N–H and O–H groups in total. The molecule has 6 nitrogen and oxygen atoms in total. The van der Waals surface area contributed by atoms with Crippen LogP contribution in [0, 0.1) is 0 Å². The average molecular weight is 200 g/mol. The van der Waals surface area contributed by atoms with Crippen molar-refractivity contribution in [2.24, 2.45) is 0 Å². The highest BCUT2D eigenvalue weighted by atomic mass is 17.2. The summed E-state index contributed by atoms with van der Waals surface area (Å²) in [6, 6.07) is -0.493. The first-order valence-corrected chi connectivity index (χ1v) is 4.38. The molecular formula is C7H13BN2O4. The van der Waals surface area contributed by atoms with Crippen molar-refractivity contribution in [2.45, 2.75) is 6.04 Å². The van der Waals surface area contributed by atoms with Gasteiger partial charge in [-0.1, -0.05) is 0 Å². The highest BCUT2D eigenvalue weighted by molar-refractivity contribution is 6.56. The van der Waals surface area contributed by atoms with Gasteiger partial charge in [0.05, 0.1) is 7.11 Å².